The van der Waals surface area contributed by atoms with E-state index in [9.17, 15) is 8.42 Å². The van der Waals surface area contributed by atoms with Crippen LogP contribution in [0.4, 0.5) is 0 Å². The molecule has 2 rings (SSSR count). The lowest BCUT2D eigenvalue weighted by Crippen LogP contribution is -2.09. The first kappa shape index (κ1) is 14.9. The van der Waals surface area contributed by atoms with E-state index < -0.39 is 10.1 Å². The van der Waals surface area contributed by atoms with Crippen LogP contribution in [0.3, 0.4) is 0 Å². The van der Waals surface area contributed by atoms with Gasteiger partial charge in [0.2, 0.25) is 0 Å². The van der Waals surface area contributed by atoms with Gasteiger partial charge in [0.15, 0.2) is 6.61 Å². The molecule has 108 valence electrons. The summed E-state index contributed by atoms with van der Waals surface area (Å²) in [7, 11) is -3.89. The minimum Gasteiger partial charge on any atom is -0.479 e. The van der Waals surface area contributed by atoms with E-state index >= 15 is 0 Å². The summed E-state index contributed by atoms with van der Waals surface area (Å²) in [5, 5.41) is 8.50. The fraction of sp³-hybridized carbons (Fsp3) is 0.133. The second kappa shape index (κ2) is 6.29. The van der Waals surface area contributed by atoms with Crippen molar-refractivity contribution in [3.05, 3.63) is 54.1 Å². The third-order valence-electron chi connectivity index (χ3n) is 2.57. The number of nitrogens with zero attached hydrogens (tertiary/aromatic N) is 1. The van der Waals surface area contributed by atoms with Crippen molar-refractivity contribution in [2.75, 3.05) is 6.61 Å². The highest BCUT2D eigenvalue weighted by molar-refractivity contribution is 7.87. The number of ether oxygens (including phenoxy) is 1. The van der Waals surface area contributed by atoms with Gasteiger partial charge in [-0.1, -0.05) is 18.2 Å². The average molecular weight is 303 g/mol. The van der Waals surface area contributed by atoms with Crippen LogP contribution in [0.15, 0.2) is 53.4 Å². The molecule has 0 bridgehead atoms. The molecular weight excluding hydrogens is 290 g/mol. The summed E-state index contributed by atoms with van der Waals surface area (Å²) < 4.78 is 34.5. The minimum atomic E-state index is -3.89. The third-order valence-corrected chi connectivity index (χ3v) is 3.83. The van der Waals surface area contributed by atoms with Crippen LogP contribution in [0.2, 0.25) is 0 Å². The Morgan fingerprint density at radius 2 is 1.76 bits per heavy atom. The molecule has 0 aliphatic heterocycles. The van der Waals surface area contributed by atoms with E-state index in [1.807, 2.05) is 6.07 Å². The first-order chi connectivity index (χ1) is 10.0. The van der Waals surface area contributed by atoms with Gasteiger partial charge in [-0.2, -0.15) is 13.7 Å². The van der Waals surface area contributed by atoms with Gasteiger partial charge < -0.3 is 8.92 Å². The number of hydrogen-bond acceptors (Lipinski definition) is 5. The first-order valence-electron chi connectivity index (χ1n) is 6.12. The Morgan fingerprint density at radius 3 is 2.43 bits per heavy atom. The monoisotopic (exact) mass is 303 g/mol. The highest BCUT2D eigenvalue weighted by Gasteiger charge is 2.16. The molecule has 2 aromatic rings. The molecule has 0 radical (unpaired) electrons. The molecule has 2 aromatic carbocycles. The number of benzene rings is 2. The van der Waals surface area contributed by atoms with E-state index in [2.05, 4.69) is 0 Å². The molecular formula is C15H13NO4S. The smallest absolute Gasteiger partial charge is 0.339 e. The summed E-state index contributed by atoms with van der Waals surface area (Å²) in [4.78, 5) is 0.0750. The standard InChI is InChI=1S/C15H13NO4S/c1-12-9-13(19-8-7-16)11-14(10-12)20-21(17,18)15-5-3-2-4-6-15/h2-6,9-11H,8H2,1H3. The van der Waals surface area contributed by atoms with Crippen LogP contribution in [0, 0.1) is 18.3 Å². The topological polar surface area (TPSA) is 76.4 Å². The van der Waals surface area contributed by atoms with Gasteiger partial charge in [0.05, 0.1) is 0 Å². The van der Waals surface area contributed by atoms with Crippen LogP contribution < -0.4 is 8.92 Å². The first-order valence-corrected chi connectivity index (χ1v) is 7.53. The quantitative estimate of drug-likeness (QED) is 0.794. The van der Waals surface area contributed by atoms with Gasteiger partial charge in [0.1, 0.15) is 22.5 Å². The van der Waals surface area contributed by atoms with Crippen molar-refractivity contribution < 1.29 is 17.3 Å². The van der Waals surface area contributed by atoms with E-state index in [0.29, 0.717) is 5.75 Å². The van der Waals surface area contributed by atoms with Crippen LogP contribution in [-0.2, 0) is 10.1 Å². The van der Waals surface area contributed by atoms with E-state index in [0.717, 1.165) is 5.56 Å². The van der Waals surface area contributed by atoms with Gasteiger partial charge in [-0.15, -0.1) is 0 Å². The number of nitriles is 1. The molecule has 0 heterocycles. The molecule has 6 heteroatoms. The normalized spacial score (nSPS) is 10.7. The molecule has 0 saturated heterocycles. The Hall–Kier alpha value is -2.52. The van der Waals surface area contributed by atoms with Crippen molar-refractivity contribution in [3.63, 3.8) is 0 Å². The van der Waals surface area contributed by atoms with E-state index in [4.69, 9.17) is 14.2 Å². The lowest BCUT2D eigenvalue weighted by atomic mass is 10.2. The second-order valence-corrected chi connectivity index (χ2v) is 5.83. The summed E-state index contributed by atoms with van der Waals surface area (Å²) in [6.45, 7) is 1.66. The predicted octanol–water partition coefficient (Wildman–Crippen LogP) is 2.67. The molecule has 0 aliphatic rings. The van der Waals surface area contributed by atoms with E-state index in [-0.39, 0.29) is 17.3 Å². The van der Waals surface area contributed by atoms with Crippen LogP contribution in [0.5, 0.6) is 11.5 Å². The zero-order chi connectivity index (χ0) is 15.3. The summed E-state index contributed by atoms with van der Waals surface area (Å²) in [6, 6.07) is 14.4. The van der Waals surface area contributed by atoms with Crippen molar-refractivity contribution >= 4 is 10.1 Å². The maximum absolute atomic E-state index is 12.1. The second-order valence-electron chi connectivity index (χ2n) is 4.28. The van der Waals surface area contributed by atoms with E-state index in [1.165, 1.54) is 18.2 Å². The Morgan fingerprint density at radius 1 is 1.10 bits per heavy atom. The average Bonchev–Trinajstić information content (AvgIpc) is 2.45. The summed E-state index contributed by atoms with van der Waals surface area (Å²) in [5.41, 5.74) is 0.767. The molecule has 0 aromatic heterocycles. The molecule has 0 amide bonds. The fourth-order valence-electron chi connectivity index (χ4n) is 1.72. The molecule has 0 atom stereocenters. The van der Waals surface area contributed by atoms with Gasteiger partial charge >= 0.3 is 10.1 Å². The van der Waals surface area contributed by atoms with Crippen molar-refractivity contribution in [1.82, 2.24) is 0 Å². The van der Waals surface area contributed by atoms with Crippen LogP contribution >= 0.6 is 0 Å². The molecule has 0 fully saturated rings. The van der Waals surface area contributed by atoms with Crippen LogP contribution in [0.1, 0.15) is 5.56 Å². The Balaban J connectivity index is 2.27. The number of rotatable bonds is 5. The molecule has 0 N–H and O–H groups in total. The zero-order valence-electron chi connectivity index (χ0n) is 11.3. The van der Waals surface area contributed by atoms with Crippen LogP contribution in [-0.4, -0.2) is 15.0 Å². The lowest BCUT2D eigenvalue weighted by molar-refractivity contribution is 0.366. The van der Waals surface area contributed by atoms with Gasteiger partial charge in [0, 0.05) is 6.07 Å². The Kier molecular flexibility index (Phi) is 4.45. The maximum Gasteiger partial charge on any atom is 0.339 e. The van der Waals surface area contributed by atoms with Gasteiger partial charge in [0.25, 0.3) is 0 Å². The Labute approximate surface area is 123 Å². The number of hydrogen-bond donors (Lipinski definition) is 0. The molecule has 5 nitrogen and oxygen atoms in total. The highest BCUT2D eigenvalue weighted by Crippen LogP contribution is 2.25. The summed E-state index contributed by atoms with van der Waals surface area (Å²) >= 11 is 0. The van der Waals surface area contributed by atoms with Crippen molar-refractivity contribution in [3.8, 4) is 17.6 Å². The largest absolute Gasteiger partial charge is 0.479 e. The summed E-state index contributed by atoms with van der Waals surface area (Å²) in [5.74, 6) is 0.529. The molecule has 0 unspecified atom stereocenters. The SMILES string of the molecule is Cc1cc(OCC#N)cc(OS(=O)(=O)c2ccccc2)c1. The fourth-order valence-corrected chi connectivity index (χ4v) is 2.66. The van der Waals surface area contributed by atoms with E-state index in [1.54, 1.807) is 37.3 Å². The highest BCUT2D eigenvalue weighted by atomic mass is 32.2. The van der Waals surface area contributed by atoms with Crippen molar-refractivity contribution in [2.24, 2.45) is 0 Å². The zero-order valence-corrected chi connectivity index (χ0v) is 12.1. The van der Waals surface area contributed by atoms with Crippen LogP contribution in [0.25, 0.3) is 0 Å². The van der Waals surface area contributed by atoms with Crippen molar-refractivity contribution in [1.29, 1.82) is 5.26 Å². The summed E-state index contributed by atoms with van der Waals surface area (Å²) in [6.07, 6.45) is 0. The minimum absolute atomic E-state index is 0.0750. The molecule has 21 heavy (non-hydrogen) atoms. The maximum atomic E-state index is 12.1. The molecule has 0 spiro atoms. The van der Waals surface area contributed by atoms with Gasteiger partial charge in [-0.25, -0.2) is 0 Å². The lowest BCUT2D eigenvalue weighted by Gasteiger charge is -2.09. The third kappa shape index (κ3) is 3.97. The van der Waals surface area contributed by atoms with Gasteiger partial charge in [-0.3, -0.25) is 0 Å². The number of aryl methyl sites for hydroxylation is 1. The van der Waals surface area contributed by atoms with Crippen molar-refractivity contribution in [2.45, 2.75) is 11.8 Å². The predicted molar refractivity (Wildman–Crippen MR) is 76.5 cm³/mol. The van der Waals surface area contributed by atoms with Gasteiger partial charge in [-0.05, 0) is 36.8 Å². The Bertz CT molecular complexity index is 764. The molecule has 0 aliphatic carbocycles. The molecule has 0 saturated carbocycles.